The van der Waals surface area contributed by atoms with E-state index in [1.165, 1.54) is 0 Å². The van der Waals surface area contributed by atoms with Crippen LogP contribution in [0.2, 0.25) is 0 Å². The number of nitrogens with one attached hydrogen (secondary N) is 1. The average Bonchev–Trinajstić information content (AvgIpc) is 2.83. The van der Waals surface area contributed by atoms with Gasteiger partial charge in [0.05, 0.1) is 11.7 Å². The van der Waals surface area contributed by atoms with E-state index in [1.807, 2.05) is 30.3 Å². The number of hydrogen-bond donors (Lipinski definition) is 2. The zero-order valence-electron chi connectivity index (χ0n) is 12.5. The van der Waals surface area contributed by atoms with Gasteiger partial charge in [0, 0.05) is 13.3 Å². The Morgan fingerprint density at radius 1 is 1.27 bits per heavy atom. The number of amides is 1. The number of aliphatic carboxylic acids is 1. The summed E-state index contributed by atoms with van der Waals surface area (Å²) in [7, 11) is 0. The first-order valence-electron chi connectivity index (χ1n) is 6.99. The molecule has 2 N–H and O–H groups in total. The molecule has 116 valence electrons. The summed E-state index contributed by atoms with van der Waals surface area (Å²) < 4.78 is 5.30. The van der Waals surface area contributed by atoms with Gasteiger partial charge in [-0.15, -0.1) is 0 Å². The van der Waals surface area contributed by atoms with Gasteiger partial charge in [0.1, 0.15) is 0 Å². The normalized spacial score (nSPS) is 11.9. The molecule has 0 spiro atoms. The fourth-order valence-electron chi connectivity index (χ4n) is 2.24. The third-order valence-electron chi connectivity index (χ3n) is 3.26. The lowest BCUT2D eigenvalue weighted by Gasteiger charge is -2.18. The maximum atomic E-state index is 12.3. The second-order valence-electron chi connectivity index (χ2n) is 5.02. The van der Waals surface area contributed by atoms with E-state index < -0.39 is 17.9 Å². The number of benzene rings is 1. The number of oxazole rings is 1. The van der Waals surface area contributed by atoms with Crippen molar-refractivity contribution >= 4 is 11.9 Å². The van der Waals surface area contributed by atoms with Crippen LogP contribution in [-0.2, 0) is 4.79 Å². The molecule has 0 aliphatic carbocycles. The molecule has 1 amide bonds. The standard InChI is InChI=1S/C16H18N2O4/c1-10-15(22-11(2)17-10)16(21)18-13(8-9-14(19)20)12-6-4-3-5-7-12/h3-7,13H,8-9H2,1-2H3,(H,18,21)(H,19,20)/t13-/m0/s1. The molecule has 6 heteroatoms. The summed E-state index contributed by atoms with van der Waals surface area (Å²) in [5.74, 6) is -0.711. The van der Waals surface area contributed by atoms with Gasteiger partial charge in [-0.1, -0.05) is 30.3 Å². The van der Waals surface area contributed by atoms with Crippen LogP contribution in [0.4, 0.5) is 0 Å². The van der Waals surface area contributed by atoms with Crippen molar-refractivity contribution in [2.45, 2.75) is 32.7 Å². The van der Waals surface area contributed by atoms with Gasteiger partial charge in [-0.25, -0.2) is 4.98 Å². The van der Waals surface area contributed by atoms with Crippen LogP contribution in [-0.4, -0.2) is 22.0 Å². The smallest absolute Gasteiger partial charge is 0.303 e. The van der Waals surface area contributed by atoms with Gasteiger partial charge < -0.3 is 14.8 Å². The molecule has 2 aromatic rings. The molecule has 1 aromatic heterocycles. The predicted octanol–water partition coefficient (Wildman–Crippen LogP) is 2.63. The lowest BCUT2D eigenvalue weighted by molar-refractivity contribution is -0.137. The van der Waals surface area contributed by atoms with E-state index in [-0.39, 0.29) is 12.2 Å². The Morgan fingerprint density at radius 2 is 1.95 bits per heavy atom. The second-order valence-corrected chi connectivity index (χ2v) is 5.02. The van der Waals surface area contributed by atoms with Crippen LogP contribution >= 0.6 is 0 Å². The first-order valence-corrected chi connectivity index (χ1v) is 6.99. The van der Waals surface area contributed by atoms with Crippen LogP contribution in [0.1, 0.15) is 46.6 Å². The maximum absolute atomic E-state index is 12.3. The number of rotatable bonds is 6. The van der Waals surface area contributed by atoms with E-state index in [9.17, 15) is 9.59 Å². The second kappa shape index (κ2) is 6.89. The van der Waals surface area contributed by atoms with Crippen LogP contribution in [0.25, 0.3) is 0 Å². The zero-order valence-corrected chi connectivity index (χ0v) is 12.5. The summed E-state index contributed by atoms with van der Waals surface area (Å²) in [6.45, 7) is 3.36. The molecule has 1 atom stereocenters. The molecular weight excluding hydrogens is 284 g/mol. The molecule has 0 unspecified atom stereocenters. The Kier molecular flexibility index (Phi) is 4.93. The number of carboxylic acid groups (broad SMARTS) is 1. The molecule has 1 aromatic carbocycles. The highest BCUT2D eigenvalue weighted by atomic mass is 16.4. The Bertz CT molecular complexity index is 664. The Morgan fingerprint density at radius 3 is 2.50 bits per heavy atom. The van der Waals surface area contributed by atoms with Gasteiger partial charge in [0.2, 0.25) is 5.76 Å². The summed E-state index contributed by atoms with van der Waals surface area (Å²) in [4.78, 5) is 27.2. The number of carboxylic acids is 1. The molecule has 0 bridgehead atoms. The number of aromatic nitrogens is 1. The van der Waals surface area contributed by atoms with Gasteiger partial charge in [-0.3, -0.25) is 9.59 Å². The largest absolute Gasteiger partial charge is 0.481 e. The molecule has 0 fully saturated rings. The van der Waals surface area contributed by atoms with E-state index in [0.29, 0.717) is 18.0 Å². The van der Waals surface area contributed by atoms with Gasteiger partial charge in [-0.2, -0.15) is 0 Å². The summed E-state index contributed by atoms with van der Waals surface area (Å²) in [6.07, 6.45) is 0.269. The molecule has 2 rings (SSSR count). The van der Waals surface area contributed by atoms with E-state index in [1.54, 1.807) is 13.8 Å². The number of carbonyl (C=O) groups excluding carboxylic acids is 1. The summed E-state index contributed by atoms with van der Waals surface area (Å²) in [5, 5.41) is 11.7. The summed E-state index contributed by atoms with van der Waals surface area (Å²) >= 11 is 0. The van der Waals surface area contributed by atoms with Gasteiger partial charge in [-0.05, 0) is 18.9 Å². The Hall–Kier alpha value is -2.63. The van der Waals surface area contributed by atoms with Gasteiger partial charge in [0.15, 0.2) is 5.89 Å². The monoisotopic (exact) mass is 302 g/mol. The lowest BCUT2D eigenvalue weighted by Crippen LogP contribution is -2.29. The van der Waals surface area contributed by atoms with Crippen LogP contribution in [0.5, 0.6) is 0 Å². The van der Waals surface area contributed by atoms with Crippen molar-refractivity contribution in [3.05, 3.63) is 53.2 Å². The number of nitrogens with zero attached hydrogens (tertiary/aromatic N) is 1. The van der Waals surface area contributed by atoms with Crippen molar-refractivity contribution in [2.24, 2.45) is 0 Å². The topological polar surface area (TPSA) is 92.4 Å². The minimum Gasteiger partial charge on any atom is -0.481 e. The molecule has 22 heavy (non-hydrogen) atoms. The highest BCUT2D eigenvalue weighted by Crippen LogP contribution is 2.20. The van der Waals surface area contributed by atoms with Crippen molar-refractivity contribution in [1.29, 1.82) is 0 Å². The highest BCUT2D eigenvalue weighted by Gasteiger charge is 2.21. The lowest BCUT2D eigenvalue weighted by atomic mass is 10.0. The molecule has 0 saturated heterocycles. The van der Waals surface area contributed by atoms with E-state index in [0.717, 1.165) is 5.56 Å². The molecule has 0 radical (unpaired) electrons. The molecule has 6 nitrogen and oxygen atoms in total. The molecule has 0 aliphatic rings. The highest BCUT2D eigenvalue weighted by molar-refractivity contribution is 5.92. The zero-order chi connectivity index (χ0) is 16.1. The minimum absolute atomic E-state index is 0.0335. The van der Waals surface area contributed by atoms with Crippen molar-refractivity contribution in [2.75, 3.05) is 0 Å². The van der Waals surface area contributed by atoms with E-state index in [4.69, 9.17) is 9.52 Å². The van der Waals surface area contributed by atoms with Crippen molar-refractivity contribution in [3.8, 4) is 0 Å². The molecule has 0 saturated carbocycles. The van der Waals surface area contributed by atoms with Crippen molar-refractivity contribution in [3.63, 3.8) is 0 Å². The quantitative estimate of drug-likeness (QED) is 0.855. The fourth-order valence-corrected chi connectivity index (χ4v) is 2.24. The molecule has 1 heterocycles. The summed E-state index contributed by atoms with van der Waals surface area (Å²) in [5.41, 5.74) is 1.37. The van der Waals surface area contributed by atoms with Crippen molar-refractivity contribution in [1.82, 2.24) is 10.3 Å². The summed E-state index contributed by atoms with van der Waals surface area (Å²) in [6, 6.07) is 8.87. The first kappa shape index (κ1) is 15.8. The molecular formula is C16H18N2O4. The predicted molar refractivity (Wildman–Crippen MR) is 79.5 cm³/mol. The van der Waals surface area contributed by atoms with Crippen molar-refractivity contribution < 1.29 is 19.1 Å². The SMILES string of the molecule is Cc1nc(C)c(C(=O)N[C@@H](CCC(=O)O)c2ccccc2)o1. The Balaban J connectivity index is 2.17. The van der Waals surface area contributed by atoms with Gasteiger partial charge >= 0.3 is 5.97 Å². The third-order valence-corrected chi connectivity index (χ3v) is 3.26. The maximum Gasteiger partial charge on any atom is 0.303 e. The Labute approximate surface area is 128 Å². The molecule has 0 aliphatic heterocycles. The van der Waals surface area contributed by atoms with Crippen LogP contribution < -0.4 is 5.32 Å². The fraction of sp³-hybridized carbons (Fsp3) is 0.312. The van der Waals surface area contributed by atoms with Crippen LogP contribution in [0.3, 0.4) is 0 Å². The van der Waals surface area contributed by atoms with E-state index >= 15 is 0 Å². The minimum atomic E-state index is -0.901. The van der Waals surface area contributed by atoms with Crippen LogP contribution in [0.15, 0.2) is 34.7 Å². The number of carbonyl (C=O) groups is 2. The number of hydrogen-bond acceptors (Lipinski definition) is 4. The third kappa shape index (κ3) is 3.94. The number of aryl methyl sites for hydroxylation is 2. The van der Waals surface area contributed by atoms with Gasteiger partial charge in [0.25, 0.3) is 5.91 Å². The average molecular weight is 302 g/mol. The van der Waals surface area contributed by atoms with Crippen LogP contribution in [0, 0.1) is 13.8 Å². The first-order chi connectivity index (χ1) is 10.5. The van der Waals surface area contributed by atoms with E-state index in [2.05, 4.69) is 10.3 Å².